The minimum absolute atomic E-state index is 0.401. The lowest BCUT2D eigenvalue weighted by molar-refractivity contribution is 0.502. The zero-order valence-electron chi connectivity index (χ0n) is 7.09. The lowest BCUT2D eigenvalue weighted by Gasteiger charge is -2.02. The van der Waals surface area contributed by atoms with E-state index in [1.54, 1.807) is 6.07 Å². The molecule has 0 radical (unpaired) electrons. The maximum Gasteiger partial charge on any atom is 0.162 e. The number of benzene rings is 1. The van der Waals surface area contributed by atoms with Crippen LogP contribution >= 0.6 is 11.8 Å². The number of nitrogens with two attached hydrogens (primary N) is 1. The van der Waals surface area contributed by atoms with Crippen molar-refractivity contribution in [3.05, 3.63) is 35.4 Å². The van der Waals surface area contributed by atoms with E-state index in [4.69, 9.17) is 5.73 Å². The Balaban J connectivity index is 2.61. The third kappa shape index (κ3) is 2.97. The standard InChI is InChI=1S/C9H11F2NS/c10-8-3-1-2-7(9(8)11)6-13-5-4-12/h1-3H,4-6,12H2. The van der Waals surface area contributed by atoms with Gasteiger partial charge in [0.1, 0.15) is 0 Å². The summed E-state index contributed by atoms with van der Waals surface area (Å²) in [6, 6.07) is 4.21. The molecule has 1 rings (SSSR count). The molecule has 0 heterocycles. The number of thioether (sulfide) groups is 1. The average molecular weight is 203 g/mol. The molecule has 0 bridgehead atoms. The third-order valence-electron chi connectivity index (χ3n) is 1.55. The quantitative estimate of drug-likeness (QED) is 0.759. The van der Waals surface area contributed by atoms with Gasteiger partial charge in [-0.2, -0.15) is 11.8 Å². The SMILES string of the molecule is NCCSCc1cccc(F)c1F. The highest BCUT2D eigenvalue weighted by molar-refractivity contribution is 7.98. The normalized spacial score (nSPS) is 10.4. The molecule has 0 spiro atoms. The molecule has 1 nitrogen and oxygen atoms in total. The van der Waals surface area contributed by atoms with E-state index in [0.717, 1.165) is 11.8 Å². The van der Waals surface area contributed by atoms with Crippen molar-refractivity contribution in [2.75, 3.05) is 12.3 Å². The predicted octanol–water partition coefficient (Wildman–Crippen LogP) is 2.16. The van der Waals surface area contributed by atoms with Crippen LogP contribution in [0.2, 0.25) is 0 Å². The van der Waals surface area contributed by atoms with Gasteiger partial charge in [-0.05, 0) is 6.07 Å². The Kier molecular flexibility index (Phi) is 4.18. The Morgan fingerprint density at radius 3 is 2.77 bits per heavy atom. The Bertz CT molecular complexity index is 278. The molecule has 2 N–H and O–H groups in total. The van der Waals surface area contributed by atoms with E-state index in [-0.39, 0.29) is 0 Å². The van der Waals surface area contributed by atoms with Crippen LogP contribution in [0.15, 0.2) is 18.2 Å². The molecular formula is C9H11F2NS. The summed E-state index contributed by atoms with van der Waals surface area (Å²) >= 11 is 1.50. The van der Waals surface area contributed by atoms with Crippen LogP contribution in [0, 0.1) is 11.6 Å². The van der Waals surface area contributed by atoms with E-state index in [2.05, 4.69) is 0 Å². The van der Waals surface area contributed by atoms with Gasteiger partial charge in [0.05, 0.1) is 0 Å². The fourth-order valence-corrected chi connectivity index (χ4v) is 1.68. The molecule has 13 heavy (non-hydrogen) atoms. The first-order valence-electron chi connectivity index (χ1n) is 3.96. The number of hydrogen-bond acceptors (Lipinski definition) is 2. The van der Waals surface area contributed by atoms with E-state index >= 15 is 0 Å². The highest BCUT2D eigenvalue weighted by Crippen LogP contribution is 2.17. The molecule has 0 aromatic heterocycles. The monoisotopic (exact) mass is 203 g/mol. The largest absolute Gasteiger partial charge is 0.330 e. The molecule has 0 aliphatic rings. The summed E-state index contributed by atoms with van der Waals surface area (Å²) in [4.78, 5) is 0. The van der Waals surface area contributed by atoms with Gasteiger partial charge in [-0.3, -0.25) is 0 Å². The highest BCUT2D eigenvalue weighted by atomic mass is 32.2. The summed E-state index contributed by atoms with van der Waals surface area (Å²) in [5.41, 5.74) is 5.67. The first-order valence-corrected chi connectivity index (χ1v) is 5.12. The highest BCUT2D eigenvalue weighted by Gasteiger charge is 2.06. The van der Waals surface area contributed by atoms with Gasteiger partial charge in [0.25, 0.3) is 0 Å². The van der Waals surface area contributed by atoms with E-state index in [0.29, 0.717) is 17.9 Å². The van der Waals surface area contributed by atoms with Crippen LogP contribution in [0.3, 0.4) is 0 Å². The van der Waals surface area contributed by atoms with Crippen molar-refractivity contribution in [2.24, 2.45) is 5.73 Å². The zero-order chi connectivity index (χ0) is 9.68. The van der Waals surface area contributed by atoms with E-state index in [9.17, 15) is 8.78 Å². The Labute approximate surface area is 80.3 Å². The van der Waals surface area contributed by atoms with Gasteiger partial charge in [-0.15, -0.1) is 0 Å². The molecule has 0 fully saturated rings. The second-order valence-corrected chi connectivity index (χ2v) is 3.66. The van der Waals surface area contributed by atoms with E-state index < -0.39 is 11.6 Å². The fourth-order valence-electron chi connectivity index (χ4n) is 0.925. The summed E-state index contributed by atoms with van der Waals surface area (Å²) in [6.45, 7) is 0.557. The first kappa shape index (κ1) is 10.5. The molecule has 0 saturated carbocycles. The molecule has 1 aromatic rings. The van der Waals surface area contributed by atoms with Crippen molar-refractivity contribution in [2.45, 2.75) is 5.75 Å². The van der Waals surface area contributed by atoms with Gasteiger partial charge in [-0.25, -0.2) is 8.78 Å². The smallest absolute Gasteiger partial charge is 0.162 e. The lowest BCUT2D eigenvalue weighted by atomic mass is 10.2. The average Bonchev–Trinajstić information content (AvgIpc) is 2.13. The van der Waals surface area contributed by atoms with E-state index in [1.807, 2.05) is 0 Å². The molecule has 0 saturated heterocycles. The molecule has 4 heteroatoms. The van der Waals surface area contributed by atoms with Crippen LogP contribution in [0.5, 0.6) is 0 Å². The maximum atomic E-state index is 13.0. The van der Waals surface area contributed by atoms with Crippen LogP contribution in [0.1, 0.15) is 5.56 Å². The van der Waals surface area contributed by atoms with Crippen molar-refractivity contribution < 1.29 is 8.78 Å². The van der Waals surface area contributed by atoms with Gasteiger partial charge < -0.3 is 5.73 Å². The summed E-state index contributed by atoms with van der Waals surface area (Å²) in [5, 5.41) is 0. The zero-order valence-corrected chi connectivity index (χ0v) is 7.91. The number of rotatable bonds is 4. The summed E-state index contributed by atoms with van der Waals surface area (Å²) in [5.74, 6) is -0.297. The third-order valence-corrected chi connectivity index (χ3v) is 2.59. The molecule has 0 atom stereocenters. The molecule has 0 aliphatic heterocycles. The Morgan fingerprint density at radius 1 is 1.31 bits per heavy atom. The summed E-state index contributed by atoms with van der Waals surface area (Å²) in [7, 11) is 0. The van der Waals surface area contributed by atoms with Crippen LogP contribution in [-0.4, -0.2) is 12.3 Å². The number of halogens is 2. The first-order chi connectivity index (χ1) is 6.25. The van der Waals surface area contributed by atoms with Gasteiger partial charge in [0, 0.05) is 23.6 Å². The summed E-state index contributed by atoms with van der Waals surface area (Å²) < 4.78 is 25.7. The number of hydrogen-bond donors (Lipinski definition) is 1. The minimum atomic E-state index is -0.786. The van der Waals surface area contributed by atoms with Crippen molar-refractivity contribution in [1.82, 2.24) is 0 Å². The second-order valence-electron chi connectivity index (χ2n) is 2.55. The Morgan fingerprint density at radius 2 is 2.08 bits per heavy atom. The predicted molar refractivity (Wildman–Crippen MR) is 51.6 cm³/mol. The van der Waals surface area contributed by atoms with Gasteiger partial charge in [0.2, 0.25) is 0 Å². The van der Waals surface area contributed by atoms with Crippen molar-refractivity contribution in [3.8, 4) is 0 Å². The maximum absolute atomic E-state index is 13.0. The topological polar surface area (TPSA) is 26.0 Å². The van der Waals surface area contributed by atoms with Crippen LogP contribution in [0.25, 0.3) is 0 Å². The van der Waals surface area contributed by atoms with Crippen molar-refractivity contribution in [1.29, 1.82) is 0 Å². The molecule has 72 valence electrons. The van der Waals surface area contributed by atoms with Gasteiger partial charge in [-0.1, -0.05) is 12.1 Å². The molecule has 1 aromatic carbocycles. The van der Waals surface area contributed by atoms with Gasteiger partial charge in [0.15, 0.2) is 11.6 Å². The second kappa shape index (κ2) is 5.19. The van der Waals surface area contributed by atoms with Gasteiger partial charge >= 0.3 is 0 Å². The van der Waals surface area contributed by atoms with Crippen molar-refractivity contribution in [3.63, 3.8) is 0 Å². The lowest BCUT2D eigenvalue weighted by Crippen LogP contribution is -2.02. The fraction of sp³-hybridized carbons (Fsp3) is 0.333. The minimum Gasteiger partial charge on any atom is -0.330 e. The molecule has 0 amide bonds. The van der Waals surface area contributed by atoms with Crippen LogP contribution in [0.4, 0.5) is 8.78 Å². The van der Waals surface area contributed by atoms with Crippen molar-refractivity contribution >= 4 is 11.8 Å². The molecule has 0 aliphatic carbocycles. The molecule has 0 unspecified atom stereocenters. The van der Waals surface area contributed by atoms with Crippen LogP contribution < -0.4 is 5.73 Å². The summed E-state index contributed by atoms with van der Waals surface area (Å²) in [6.07, 6.45) is 0. The molecular weight excluding hydrogens is 192 g/mol. The Hall–Kier alpha value is -0.610. The van der Waals surface area contributed by atoms with Crippen LogP contribution in [-0.2, 0) is 5.75 Å². The van der Waals surface area contributed by atoms with E-state index in [1.165, 1.54) is 17.8 Å².